The van der Waals surface area contributed by atoms with Crippen LogP contribution in [0.25, 0.3) is 21.9 Å². The highest BCUT2D eigenvalue weighted by Gasteiger charge is 2.23. The monoisotopic (exact) mass is 413 g/mol. The number of benzene rings is 2. The molecule has 0 fully saturated rings. The minimum atomic E-state index is -3.79. The third-order valence-corrected chi connectivity index (χ3v) is 6.25. The molecule has 1 amide bonds. The lowest BCUT2D eigenvalue weighted by molar-refractivity contribution is -0.116. The first-order chi connectivity index (χ1) is 13.8. The van der Waals surface area contributed by atoms with E-state index in [0.717, 1.165) is 21.9 Å². The van der Waals surface area contributed by atoms with E-state index in [0.29, 0.717) is 5.69 Å². The van der Waals surface area contributed by atoms with Crippen LogP contribution in [0.1, 0.15) is 17.9 Å². The SMILES string of the molecule is Cc1noc(C)c1S(=O)(=O)NCCC(=O)Nc1ccc2oc3ccccc3c2c1. The number of rotatable bonds is 6. The van der Waals surface area contributed by atoms with E-state index < -0.39 is 10.0 Å². The van der Waals surface area contributed by atoms with Gasteiger partial charge in [-0.25, -0.2) is 13.1 Å². The Morgan fingerprint density at radius 2 is 1.83 bits per heavy atom. The molecule has 2 heterocycles. The van der Waals surface area contributed by atoms with E-state index in [4.69, 9.17) is 8.94 Å². The van der Waals surface area contributed by atoms with Gasteiger partial charge in [-0.3, -0.25) is 4.79 Å². The summed E-state index contributed by atoms with van der Waals surface area (Å²) in [7, 11) is -3.79. The molecule has 0 atom stereocenters. The minimum Gasteiger partial charge on any atom is -0.456 e. The number of aromatic nitrogens is 1. The highest BCUT2D eigenvalue weighted by atomic mass is 32.2. The number of aryl methyl sites for hydroxylation is 2. The number of carbonyl (C=O) groups excluding carboxylic acids is 1. The van der Waals surface area contributed by atoms with E-state index in [-0.39, 0.29) is 35.2 Å². The zero-order valence-corrected chi connectivity index (χ0v) is 16.7. The fraction of sp³-hybridized carbons (Fsp3) is 0.200. The second-order valence-electron chi connectivity index (χ2n) is 6.66. The van der Waals surface area contributed by atoms with Crippen molar-refractivity contribution in [3.63, 3.8) is 0 Å². The molecule has 0 radical (unpaired) electrons. The van der Waals surface area contributed by atoms with Gasteiger partial charge < -0.3 is 14.3 Å². The first kappa shape index (κ1) is 19.2. The maximum absolute atomic E-state index is 12.4. The molecule has 29 heavy (non-hydrogen) atoms. The van der Waals surface area contributed by atoms with Crippen LogP contribution in [-0.2, 0) is 14.8 Å². The lowest BCUT2D eigenvalue weighted by Crippen LogP contribution is -2.28. The molecule has 0 saturated carbocycles. The van der Waals surface area contributed by atoms with Gasteiger partial charge in [0.25, 0.3) is 0 Å². The molecule has 2 N–H and O–H groups in total. The van der Waals surface area contributed by atoms with Crippen molar-refractivity contribution >= 4 is 43.6 Å². The molecule has 150 valence electrons. The van der Waals surface area contributed by atoms with Crippen molar-refractivity contribution in [2.24, 2.45) is 0 Å². The Kier molecular flexibility index (Phi) is 4.85. The van der Waals surface area contributed by atoms with Crippen molar-refractivity contribution in [3.8, 4) is 0 Å². The van der Waals surface area contributed by atoms with Crippen molar-refractivity contribution in [2.45, 2.75) is 25.2 Å². The average Bonchev–Trinajstić information content (AvgIpc) is 3.21. The Bertz CT molecular complexity index is 1300. The lowest BCUT2D eigenvalue weighted by Gasteiger charge is -2.07. The van der Waals surface area contributed by atoms with Gasteiger partial charge in [-0.15, -0.1) is 0 Å². The quantitative estimate of drug-likeness (QED) is 0.500. The van der Waals surface area contributed by atoms with Crippen LogP contribution in [0.15, 0.2) is 56.3 Å². The number of hydrogen-bond acceptors (Lipinski definition) is 6. The smallest absolute Gasteiger partial charge is 0.245 e. The molecular formula is C20H19N3O5S. The van der Waals surface area contributed by atoms with Gasteiger partial charge >= 0.3 is 0 Å². The van der Waals surface area contributed by atoms with E-state index in [1.807, 2.05) is 30.3 Å². The molecule has 0 saturated heterocycles. The number of carbonyl (C=O) groups is 1. The molecule has 0 aliphatic carbocycles. The Hall–Kier alpha value is -3.17. The molecule has 2 aromatic heterocycles. The van der Waals surface area contributed by atoms with Gasteiger partial charge in [0.15, 0.2) is 5.76 Å². The molecular weight excluding hydrogens is 394 g/mol. The summed E-state index contributed by atoms with van der Waals surface area (Å²) in [4.78, 5) is 12.3. The number of anilines is 1. The second-order valence-corrected chi connectivity index (χ2v) is 8.36. The summed E-state index contributed by atoms with van der Waals surface area (Å²) in [6.07, 6.45) is -0.0211. The van der Waals surface area contributed by atoms with Crippen molar-refractivity contribution in [3.05, 3.63) is 53.9 Å². The maximum Gasteiger partial charge on any atom is 0.245 e. The maximum atomic E-state index is 12.4. The number of furan rings is 1. The normalized spacial score (nSPS) is 11.9. The molecule has 4 aromatic rings. The van der Waals surface area contributed by atoms with Crippen LogP contribution in [0.4, 0.5) is 5.69 Å². The van der Waals surface area contributed by atoms with Gasteiger partial charge in [-0.05, 0) is 38.1 Å². The Labute approximate surface area is 166 Å². The molecule has 0 aliphatic heterocycles. The summed E-state index contributed by atoms with van der Waals surface area (Å²) in [5, 5.41) is 8.29. The summed E-state index contributed by atoms with van der Waals surface area (Å²) < 4.78 is 37.8. The Morgan fingerprint density at radius 3 is 2.59 bits per heavy atom. The number of hydrogen-bond donors (Lipinski definition) is 2. The van der Waals surface area contributed by atoms with Crippen LogP contribution in [0.3, 0.4) is 0 Å². The fourth-order valence-corrected chi connectivity index (χ4v) is 4.61. The molecule has 0 aliphatic rings. The lowest BCUT2D eigenvalue weighted by atomic mass is 10.1. The molecule has 0 bridgehead atoms. The van der Waals surface area contributed by atoms with Gasteiger partial charge in [0.2, 0.25) is 15.9 Å². The van der Waals surface area contributed by atoms with Crippen LogP contribution >= 0.6 is 0 Å². The third-order valence-electron chi connectivity index (χ3n) is 4.54. The van der Waals surface area contributed by atoms with E-state index in [1.165, 1.54) is 6.92 Å². The van der Waals surface area contributed by atoms with Crippen LogP contribution in [-0.4, -0.2) is 26.0 Å². The van der Waals surface area contributed by atoms with E-state index in [9.17, 15) is 13.2 Å². The van der Waals surface area contributed by atoms with Gasteiger partial charge in [0, 0.05) is 29.4 Å². The Morgan fingerprint density at radius 1 is 1.07 bits per heavy atom. The number of amides is 1. The standard InChI is InChI=1S/C20H19N3O5S/c1-12-20(13(2)28-23-12)29(25,26)21-10-9-19(24)22-14-7-8-18-16(11-14)15-5-3-4-6-17(15)27-18/h3-8,11,21H,9-10H2,1-2H3,(H,22,24). The van der Waals surface area contributed by atoms with E-state index >= 15 is 0 Å². The number of nitrogens with zero attached hydrogens (tertiary/aromatic N) is 1. The molecule has 0 spiro atoms. The predicted molar refractivity (Wildman–Crippen MR) is 108 cm³/mol. The second kappa shape index (κ2) is 7.34. The van der Waals surface area contributed by atoms with E-state index in [1.54, 1.807) is 19.1 Å². The number of sulfonamides is 1. The summed E-state index contributed by atoms with van der Waals surface area (Å²) in [5.74, 6) is -0.0984. The van der Waals surface area contributed by atoms with Crippen LogP contribution in [0, 0.1) is 13.8 Å². The van der Waals surface area contributed by atoms with Crippen LogP contribution < -0.4 is 10.0 Å². The third kappa shape index (κ3) is 3.74. The largest absolute Gasteiger partial charge is 0.456 e. The fourth-order valence-electron chi connectivity index (χ4n) is 3.26. The van der Waals surface area contributed by atoms with Crippen molar-refractivity contribution in [1.29, 1.82) is 0 Å². The summed E-state index contributed by atoms with van der Waals surface area (Å²) >= 11 is 0. The van der Waals surface area contributed by atoms with Crippen molar-refractivity contribution in [1.82, 2.24) is 9.88 Å². The zero-order chi connectivity index (χ0) is 20.6. The van der Waals surface area contributed by atoms with Gasteiger partial charge in [0.05, 0.1) is 0 Å². The van der Waals surface area contributed by atoms with Crippen LogP contribution in [0.5, 0.6) is 0 Å². The van der Waals surface area contributed by atoms with Gasteiger partial charge in [0.1, 0.15) is 21.8 Å². The number of para-hydroxylation sites is 1. The molecule has 8 nitrogen and oxygen atoms in total. The number of fused-ring (bicyclic) bond motifs is 3. The summed E-state index contributed by atoms with van der Waals surface area (Å²) in [5.41, 5.74) is 2.40. The molecule has 9 heteroatoms. The van der Waals surface area contributed by atoms with E-state index in [2.05, 4.69) is 15.2 Å². The van der Waals surface area contributed by atoms with Gasteiger partial charge in [-0.1, -0.05) is 23.4 Å². The zero-order valence-electron chi connectivity index (χ0n) is 15.9. The topological polar surface area (TPSA) is 114 Å². The van der Waals surface area contributed by atoms with Crippen LogP contribution in [0.2, 0.25) is 0 Å². The molecule has 2 aromatic carbocycles. The number of nitrogens with one attached hydrogen (secondary N) is 2. The summed E-state index contributed by atoms with van der Waals surface area (Å²) in [6, 6.07) is 13.1. The Balaban J connectivity index is 1.42. The average molecular weight is 413 g/mol. The summed E-state index contributed by atoms with van der Waals surface area (Å²) in [6.45, 7) is 3.03. The van der Waals surface area contributed by atoms with Gasteiger partial charge in [-0.2, -0.15) is 0 Å². The predicted octanol–water partition coefficient (Wildman–Crippen LogP) is 3.50. The van der Waals surface area contributed by atoms with Crippen molar-refractivity contribution in [2.75, 3.05) is 11.9 Å². The highest BCUT2D eigenvalue weighted by Crippen LogP contribution is 2.30. The molecule has 0 unspecified atom stereocenters. The first-order valence-corrected chi connectivity index (χ1v) is 10.5. The first-order valence-electron chi connectivity index (χ1n) is 8.99. The molecule has 4 rings (SSSR count). The highest BCUT2D eigenvalue weighted by molar-refractivity contribution is 7.89. The van der Waals surface area contributed by atoms with Crippen molar-refractivity contribution < 1.29 is 22.2 Å². The minimum absolute atomic E-state index is 0.00944.